The molecule has 110 valence electrons. The molecule has 1 aliphatic rings. The summed E-state index contributed by atoms with van der Waals surface area (Å²) in [4.78, 5) is 0. The highest BCUT2D eigenvalue weighted by molar-refractivity contribution is 6.33. The monoisotopic (exact) mass is 305 g/mol. The number of hydrogen-bond donors (Lipinski definition) is 1. The second-order valence-corrected chi connectivity index (χ2v) is 5.82. The van der Waals surface area contributed by atoms with Crippen molar-refractivity contribution in [1.29, 1.82) is 0 Å². The molecule has 2 nitrogen and oxygen atoms in total. The number of hydrogen-bond acceptors (Lipinski definition) is 2. The van der Waals surface area contributed by atoms with Crippen LogP contribution in [0.25, 0.3) is 0 Å². The van der Waals surface area contributed by atoms with Gasteiger partial charge in [-0.05, 0) is 48.6 Å². The molecule has 0 atom stereocenters. The van der Waals surface area contributed by atoms with Gasteiger partial charge in [0.15, 0.2) is 0 Å². The molecule has 0 heterocycles. The Bertz CT molecular complexity index is 640. The summed E-state index contributed by atoms with van der Waals surface area (Å²) in [6, 6.07) is 12.8. The van der Waals surface area contributed by atoms with E-state index >= 15 is 0 Å². The molecule has 1 aliphatic carbocycles. The molecule has 0 aromatic heterocycles. The van der Waals surface area contributed by atoms with E-state index in [1.54, 1.807) is 19.2 Å². The van der Waals surface area contributed by atoms with Crippen molar-refractivity contribution < 1.29 is 9.13 Å². The molecule has 21 heavy (non-hydrogen) atoms. The van der Waals surface area contributed by atoms with Crippen LogP contribution in [-0.4, -0.2) is 13.2 Å². The van der Waals surface area contributed by atoms with Crippen LogP contribution >= 0.6 is 11.6 Å². The second kappa shape index (κ2) is 5.94. The first-order valence-corrected chi connectivity index (χ1v) is 7.39. The maximum absolute atomic E-state index is 13.2. The van der Waals surface area contributed by atoms with Crippen molar-refractivity contribution in [2.75, 3.05) is 12.4 Å². The summed E-state index contributed by atoms with van der Waals surface area (Å²) in [5, 5.41) is 4.12. The average molecular weight is 306 g/mol. The van der Waals surface area contributed by atoms with Crippen molar-refractivity contribution in [3.8, 4) is 5.75 Å². The molecular formula is C17H17ClFNO. The molecule has 0 bridgehead atoms. The van der Waals surface area contributed by atoms with Gasteiger partial charge < -0.3 is 10.1 Å². The summed E-state index contributed by atoms with van der Waals surface area (Å²) in [5.74, 6) is 1.03. The number of halogens is 2. The topological polar surface area (TPSA) is 21.3 Å². The molecule has 0 unspecified atom stereocenters. The maximum Gasteiger partial charge on any atom is 0.123 e. The van der Waals surface area contributed by atoms with Crippen molar-refractivity contribution in [3.63, 3.8) is 0 Å². The molecule has 2 aromatic rings. The summed E-state index contributed by atoms with van der Waals surface area (Å²) in [6.45, 7) is 0. The summed E-state index contributed by atoms with van der Waals surface area (Å²) in [7, 11) is 1.64. The van der Waals surface area contributed by atoms with Gasteiger partial charge in [0, 0.05) is 12.1 Å². The SMILES string of the molecule is COc1ccc(Cl)c(NC2CC(c3cccc(F)c3)C2)c1. The Hall–Kier alpha value is -1.74. The number of benzene rings is 2. The molecule has 0 amide bonds. The first-order valence-electron chi connectivity index (χ1n) is 7.01. The van der Waals surface area contributed by atoms with Crippen LogP contribution in [0.2, 0.25) is 5.02 Å². The minimum Gasteiger partial charge on any atom is -0.497 e. The Balaban J connectivity index is 1.62. The lowest BCUT2D eigenvalue weighted by molar-refractivity contribution is 0.372. The molecule has 0 spiro atoms. The van der Waals surface area contributed by atoms with Crippen molar-refractivity contribution in [2.24, 2.45) is 0 Å². The molecule has 0 aliphatic heterocycles. The Morgan fingerprint density at radius 2 is 2.00 bits per heavy atom. The van der Waals surface area contributed by atoms with Crippen LogP contribution < -0.4 is 10.1 Å². The minimum atomic E-state index is -0.167. The van der Waals surface area contributed by atoms with Gasteiger partial charge in [0.2, 0.25) is 0 Å². The van der Waals surface area contributed by atoms with Gasteiger partial charge in [0.25, 0.3) is 0 Å². The number of rotatable bonds is 4. The van der Waals surface area contributed by atoms with Gasteiger partial charge in [-0.25, -0.2) is 4.39 Å². The van der Waals surface area contributed by atoms with E-state index in [0.717, 1.165) is 29.8 Å². The molecule has 0 radical (unpaired) electrons. The molecule has 0 saturated heterocycles. The fraction of sp³-hybridized carbons (Fsp3) is 0.294. The lowest BCUT2D eigenvalue weighted by Gasteiger charge is -2.37. The molecule has 2 aromatic carbocycles. The highest BCUT2D eigenvalue weighted by Gasteiger charge is 2.30. The third-order valence-corrected chi connectivity index (χ3v) is 4.32. The molecule has 4 heteroatoms. The fourth-order valence-corrected chi connectivity index (χ4v) is 2.90. The third kappa shape index (κ3) is 3.13. The van der Waals surface area contributed by atoms with Crippen LogP contribution in [0.3, 0.4) is 0 Å². The fourth-order valence-electron chi connectivity index (χ4n) is 2.73. The number of nitrogens with one attached hydrogen (secondary N) is 1. The first kappa shape index (κ1) is 14.2. The summed E-state index contributed by atoms with van der Waals surface area (Å²) < 4.78 is 18.4. The highest BCUT2D eigenvalue weighted by atomic mass is 35.5. The van der Waals surface area contributed by atoms with Gasteiger partial charge in [0.1, 0.15) is 11.6 Å². The van der Waals surface area contributed by atoms with Crippen molar-refractivity contribution >= 4 is 17.3 Å². The zero-order chi connectivity index (χ0) is 14.8. The normalized spacial score (nSPS) is 20.7. The second-order valence-electron chi connectivity index (χ2n) is 5.41. The van der Waals surface area contributed by atoms with E-state index in [4.69, 9.17) is 16.3 Å². The summed E-state index contributed by atoms with van der Waals surface area (Å²) in [5.41, 5.74) is 1.96. The van der Waals surface area contributed by atoms with E-state index < -0.39 is 0 Å². The zero-order valence-electron chi connectivity index (χ0n) is 11.8. The zero-order valence-corrected chi connectivity index (χ0v) is 12.5. The maximum atomic E-state index is 13.2. The Morgan fingerprint density at radius 1 is 1.19 bits per heavy atom. The highest BCUT2D eigenvalue weighted by Crippen LogP contribution is 2.40. The van der Waals surface area contributed by atoms with E-state index in [2.05, 4.69) is 5.32 Å². The quantitative estimate of drug-likeness (QED) is 0.872. The van der Waals surface area contributed by atoms with E-state index in [1.807, 2.05) is 24.3 Å². The summed E-state index contributed by atoms with van der Waals surface area (Å²) >= 11 is 6.18. The minimum absolute atomic E-state index is 0.167. The largest absolute Gasteiger partial charge is 0.497 e. The Labute approximate surface area is 128 Å². The third-order valence-electron chi connectivity index (χ3n) is 3.99. The Morgan fingerprint density at radius 3 is 2.71 bits per heavy atom. The van der Waals surface area contributed by atoms with Crippen molar-refractivity contribution in [1.82, 2.24) is 0 Å². The van der Waals surface area contributed by atoms with Crippen LogP contribution in [0, 0.1) is 5.82 Å². The lowest BCUT2D eigenvalue weighted by atomic mass is 9.76. The first-order chi connectivity index (χ1) is 10.2. The Kier molecular flexibility index (Phi) is 4.02. The van der Waals surface area contributed by atoms with Gasteiger partial charge in [-0.15, -0.1) is 0 Å². The van der Waals surface area contributed by atoms with E-state index in [0.29, 0.717) is 17.0 Å². The smallest absolute Gasteiger partial charge is 0.123 e. The van der Waals surface area contributed by atoms with Crippen LogP contribution in [-0.2, 0) is 0 Å². The molecule has 3 rings (SSSR count). The predicted molar refractivity (Wildman–Crippen MR) is 83.8 cm³/mol. The molecule has 1 saturated carbocycles. The van der Waals surface area contributed by atoms with Crippen molar-refractivity contribution in [2.45, 2.75) is 24.8 Å². The number of anilines is 1. The molecule has 1 N–H and O–H groups in total. The van der Waals surface area contributed by atoms with Gasteiger partial charge >= 0.3 is 0 Å². The lowest BCUT2D eigenvalue weighted by Crippen LogP contribution is -2.34. The van der Waals surface area contributed by atoms with Crippen LogP contribution in [0.15, 0.2) is 42.5 Å². The van der Waals surface area contributed by atoms with Crippen LogP contribution in [0.5, 0.6) is 5.75 Å². The van der Waals surface area contributed by atoms with Gasteiger partial charge in [-0.1, -0.05) is 23.7 Å². The van der Waals surface area contributed by atoms with Gasteiger partial charge in [0.05, 0.1) is 17.8 Å². The van der Waals surface area contributed by atoms with E-state index in [-0.39, 0.29) is 5.82 Å². The summed E-state index contributed by atoms with van der Waals surface area (Å²) in [6.07, 6.45) is 1.97. The standard InChI is InChI=1S/C17H17ClFNO/c1-21-15-5-6-16(18)17(10-15)20-14-8-12(9-14)11-3-2-4-13(19)7-11/h2-7,10,12,14,20H,8-9H2,1H3. The average Bonchev–Trinajstić information content (AvgIpc) is 2.44. The van der Waals surface area contributed by atoms with Crippen LogP contribution in [0.4, 0.5) is 10.1 Å². The van der Waals surface area contributed by atoms with Gasteiger partial charge in [-0.3, -0.25) is 0 Å². The van der Waals surface area contributed by atoms with Crippen molar-refractivity contribution in [3.05, 3.63) is 58.9 Å². The van der Waals surface area contributed by atoms with Crippen LogP contribution in [0.1, 0.15) is 24.3 Å². The predicted octanol–water partition coefficient (Wildman–Crippen LogP) is 4.85. The van der Waals surface area contributed by atoms with E-state index in [9.17, 15) is 4.39 Å². The van der Waals surface area contributed by atoms with Gasteiger partial charge in [-0.2, -0.15) is 0 Å². The molecular weight excluding hydrogens is 289 g/mol. The molecule has 1 fully saturated rings. The number of methoxy groups -OCH3 is 1. The number of ether oxygens (including phenoxy) is 1. The van der Waals surface area contributed by atoms with E-state index in [1.165, 1.54) is 6.07 Å².